The molecule has 0 bridgehead atoms. The maximum absolute atomic E-state index is 12.3. The van der Waals surface area contributed by atoms with E-state index in [1.807, 2.05) is 6.07 Å². The Hall–Kier alpha value is -1.88. The second kappa shape index (κ2) is 5.25. The molecule has 3 rings (SSSR count). The summed E-state index contributed by atoms with van der Waals surface area (Å²) in [5, 5.41) is 9.22. The minimum absolute atomic E-state index is 0.00950. The van der Waals surface area contributed by atoms with Crippen LogP contribution in [-0.2, 0) is 11.2 Å². The number of carbonyl (C=O) groups is 2. The van der Waals surface area contributed by atoms with E-state index in [0.717, 1.165) is 30.6 Å². The molecule has 2 unspecified atom stereocenters. The van der Waals surface area contributed by atoms with Crippen molar-refractivity contribution in [2.75, 3.05) is 11.9 Å². The Kier molecular flexibility index (Phi) is 3.44. The first-order chi connectivity index (χ1) is 9.61. The molecule has 0 saturated carbocycles. The van der Waals surface area contributed by atoms with Crippen LogP contribution in [0, 0.1) is 0 Å². The Bertz CT molecular complexity index is 556. The number of amides is 2. The summed E-state index contributed by atoms with van der Waals surface area (Å²) in [6.45, 7) is 3.07. The number of fused-ring (bicyclic) bond motifs is 1. The van der Waals surface area contributed by atoms with E-state index in [9.17, 15) is 9.59 Å². The van der Waals surface area contributed by atoms with E-state index in [2.05, 4.69) is 22.9 Å². The molecule has 2 aliphatic rings. The number of nitrogens with one attached hydrogen (secondary N) is 3. The van der Waals surface area contributed by atoms with E-state index < -0.39 is 0 Å². The van der Waals surface area contributed by atoms with Crippen LogP contribution in [0.15, 0.2) is 18.2 Å². The summed E-state index contributed by atoms with van der Waals surface area (Å²) in [7, 11) is 0. The van der Waals surface area contributed by atoms with Gasteiger partial charge in [0.05, 0.1) is 6.42 Å². The number of benzene rings is 1. The topological polar surface area (TPSA) is 70.2 Å². The third-order valence-corrected chi connectivity index (χ3v) is 3.95. The molecule has 106 valence electrons. The Morgan fingerprint density at radius 3 is 3.05 bits per heavy atom. The lowest BCUT2D eigenvalue weighted by molar-refractivity contribution is -0.115. The first kappa shape index (κ1) is 13.1. The van der Waals surface area contributed by atoms with Crippen molar-refractivity contribution < 1.29 is 9.59 Å². The van der Waals surface area contributed by atoms with Crippen molar-refractivity contribution in [3.63, 3.8) is 0 Å². The van der Waals surface area contributed by atoms with Crippen LogP contribution in [0.2, 0.25) is 0 Å². The molecule has 3 N–H and O–H groups in total. The number of rotatable bonds is 2. The van der Waals surface area contributed by atoms with E-state index in [0.29, 0.717) is 18.0 Å². The summed E-state index contributed by atoms with van der Waals surface area (Å²) in [5.41, 5.74) is 2.36. The number of piperidine rings is 1. The van der Waals surface area contributed by atoms with Gasteiger partial charge in [0.25, 0.3) is 5.91 Å². The van der Waals surface area contributed by atoms with E-state index in [-0.39, 0.29) is 17.9 Å². The molecule has 2 amide bonds. The van der Waals surface area contributed by atoms with Crippen molar-refractivity contribution in [2.24, 2.45) is 0 Å². The van der Waals surface area contributed by atoms with Crippen LogP contribution in [0.3, 0.4) is 0 Å². The molecule has 1 aromatic carbocycles. The second-order valence-electron chi connectivity index (χ2n) is 5.65. The number of carbonyl (C=O) groups excluding carboxylic acids is 2. The predicted molar refractivity (Wildman–Crippen MR) is 76.7 cm³/mol. The molecule has 2 aliphatic heterocycles. The maximum Gasteiger partial charge on any atom is 0.251 e. The van der Waals surface area contributed by atoms with Gasteiger partial charge in [0.1, 0.15) is 0 Å². The van der Waals surface area contributed by atoms with Crippen LogP contribution in [0.1, 0.15) is 35.7 Å². The first-order valence-electron chi connectivity index (χ1n) is 7.09. The summed E-state index contributed by atoms with van der Waals surface area (Å²) in [6, 6.07) is 6.06. The molecule has 0 aliphatic carbocycles. The molecular formula is C15H19N3O2. The van der Waals surface area contributed by atoms with Gasteiger partial charge in [-0.15, -0.1) is 0 Å². The van der Waals surface area contributed by atoms with Crippen LogP contribution in [-0.4, -0.2) is 30.4 Å². The minimum atomic E-state index is -0.0498. The van der Waals surface area contributed by atoms with Crippen LogP contribution in [0.4, 0.5) is 5.69 Å². The van der Waals surface area contributed by atoms with Gasteiger partial charge in [0.15, 0.2) is 0 Å². The molecule has 0 aromatic heterocycles. The number of anilines is 1. The lowest BCUT2D eigenvalue weighted by Crippen LogP contribution is -2.46. The molecular weight excluding hydrogens is 254 g/mol. The lowest BCUT2D eigenvalue weighted by atomic mass is 10.00. The molecule has 20 heavy (non-hydrogen) atoms. The Balaban J connectivity index is 1.68. The van der Waals surface area contributed by atoms with Crippen molar-refractivity contribution in [2.45, 2.75) is 38.3 Å². The SMILES string of the molecule is CC1CC(NC(=O)c2ccc3c(c2)CC(=O)N3)CCN1. The third-order valence-electron chi connectivity index (χ3n) is 3.95. The summed E-state index contributed by atoms with van der Waals surface area (Å²) in [4.78, 5) is 23.6. The molecule has 1 fully saturated rings. The molecule has 0 radical (unpaired) electrons. The minimum Gasteiger partial charge on any atom is -0.349 e. The van der Waals surface area contributed by atoms with E-state index >= 15 is 0 Å². The zero-order valence-electron chi connectivity index (χ0n) is 11.5. The zero-order chi connectivity index (χ0) is 14.1. The summed E-state index contributed by atoms with van der Waals surface area (Å²) in [6.07, 6.45) is 2.28. The largest absolute Gasteiger partial charge is 0.349 e. The van der Waals surface area contributed by atoms with Gasteiger partial charge >= 0.3 is 0 Å². The molecule has 2 heterocycles. The summed E-state index contributed by atoms with van der Waals surface area (Å²) in [5.74, 6) is -0.0593. The van der Waals surface area contributed by atoms with Crippen LogP contribution in [0.5, 0.6) is 0 Å². The fourth-order valence-corrected chi connectivity index (χ4v) is 2.90. The fourth-order valence-electron chi connectivity index (χ4n) is 2.90. The summed E-state index contributed by atoms with van der Waals surface area (Å²) >= 11 is 0. The highest BCUT2D eigenvalue weighted by Gasteiger charge is 2.22. The van der Waals surface area contributed by atoms with Gasteiger partial charge in [-0.1, -0.05) is 0 Å². The zero-order valence-corrected chi connectivity index (χ0v) is 11.5. The Morgan fingerprint density at radius 1 is 1.40 bits per heavy atom. The standard InChI is InChI=1S/C15H19N3O2/c1-9-6-12(4-5-16-9)17-15(20)10-2-3-13-11(7-10)8-14(19)18-13/h2-3,7,9,12,16H,4-6,8H2,1H3,(H,17,20)(H,18,19). The maximum atomic E-state index is 12.3. The monoisotopic (exact) mass is 273 g/mol. The van der Waals surface area contributed by atoms with Crippen molar-refractivity contribution in [3.05, 3.63) is 29.3 Å². The van der Waals surface area contributed by atoms with Gasteiger partial charge in [0.2, 0.25) is 5.91 Å². The molecule has 5 heteroatoms. The number of hydrogen-bond acceptors (Lipinski definition) is 3. The smallest absolute Gasteiger partial charge is 0.251 e. The molecule has 0 spiro atoms. The normalized spacial score (nSPS) is 24.9. The van der Waals surface area contributed by atoms with Gasteiger partial charge in [-0.25, -0.2) is 0 Å². The summed E-state index contributed by atoms with van der Waals surface area (Å²) < 4.78 is 0. The average molecular weight is 273 g/mol. The highest BCUT2D eigenvalue weighted by atomic mass is 16.2. The van der Waals surface area contributed by atoms with Gasteiger partial charge in [-0.3, -0.25) is 9.59 Å². The van der Waals surface area contributed by atoms with Crippen molar-refractivity contribution in [3.8, 4) is 0 Å². The quantitative estimate of drug-likeness (QED) is 0.754. The van der Waals surface area contributed by atoms with E-state index in [4.69, 9.17) is 0 Å². The highest BCUT2D eigenvalue weighted by Crippen LogP contribution is 2.24. The molecule has 1 saturated heterocycles. The van der Waals surface area contributed by atoms with Gasteiger partial charge in [0, 0.05) is 23.3 Å². The van der Waals surface area contributed by atoms with Crippen molar-refractivity contribution in [1.82, 2.24) is 10.6 Å². The van der Waals surface area contributed by atoms with Crippen molar-refractivity contribution >= 4 is 17.5 Å². The predicted octanol–water partition coefficient (Wildman–Crippen LogP) is 1.05. The van der Waals surface area contributed by atoms with Gasteiger partial charge < -0.3 is 16.0 Å². The Morgan fingerprint density at radius 2 is 2.25 bits per heavy atom. The molecule has 5 nitrogen and oxygen atoms in total. The number of hydrogen-bond donors (Lipinski definition) is 3. The van der Waals surface area contributed by atoms with Gasteiger partial charge in [-0.2, -0.15) is 0 Å². The van der Waals surface area contributed by atoms with Gasteiger partial charge in [-0.05, 0) is 50.1 Å². The third kappa shape index (κ3) is 2.67. The van der Waals surface area contributed by atoms with Crippen LogP contribution >= 0.6 is 0 Å². The van der Waals surface area contributed by atoms with E-state index in [1.165, 1.54) is 0 Å². The lowest BCUT2D eigenvalue weighted by Gasteiger charge is -2.28. The molecule has 1 aromatic rings. The molecule has 2 atom stereocenters. The van der Waals surface area contributed by atoms with E-state index in [1.54, 1.807) is 12.1 Å². The second-order valence-corrected chi connectivity index (χ2v) is 5.65. The average Bonchev–Trinajstić information content (AvgIpc) is 2.77. The van der Waals surface area contributed by atoms with Crippen molar-refractivity contribution in [1.29, 1.82) is 0 Å². The first-order valence-corrected chi connectivity index (χ1v) is 7.09. The highest BCUT2D eigenvalue weighted by molar-refractivity contribution is 6.01. The van der Waals surface area contributed by atoms with Crippen LogP contribution < -0.4 is 16.0 Å². The fraction of sp³-hybridized carbons (Fsp3) is 0.467. The van der Waals surface area contributed by atoms with Crippen LogP contribution in [0.25, 0.3) is 0 Å². The Labute approximate surface area is 118 Å².